The van der Waals surface area contributed by atoms with Crippen molar-refractivity contribution in [1.29, 1.82) is 0 Å². The van der Waals surface area contributed by atoms with Crippen LogP contribution in [0.25, 0.3) is 11.4 Å². The fourth-order valence-corrected chi connectivity index (χ4v) is 3.14. The topological polar surface area (TPSA) is 79.4 Å². The van der Waals surface area contributed by atoms with Crippen LogP contribution in [0.15, 0.2) is 24.3 Å². The molecule has 1 aromatic heterocycles. The average Bonchev–Trinajstić information content (AvgIpc) is 2.69. The molecule has 0 aliphatic carbocycles. The summed E-state index contributed by atoms with van der Waals surface area (Å²) >= 11 is 0. The number of benzene rings is 1. The summed E-state index contributed by atoms with van der Waals surface area (Å²) in [6, 6.07) is 7.41. The average molecular weight is 369 g/mol. The van der Waals surface area contributed by atoms with Crippen LogP contribution in [0, 0.1) is 6.92 Å². The monoisotopic (exact) mass is 369 g/mol. The molecule has 3 rings (SSSR count). The summed E-state index contributed by atoms with van der Waals surface area (Å²) < 4.78 is 5.47. The first-order valence-corrected chi connectivity index (χ1v) is 9.47. The third kappa shape index (κ3) is 4.54. The molecule has 1 aliphatic heterocycles. The Labute approximate surface area is 160 Å². The number of nitrogens with zero attached hydrogens (tertiary/aromatic N) is 3. The van der Waals surface area contributed by atoms with Gasteiger partial charge in [-0.15, -0.1) is 0 Å². The Balaban J connectivity index is 1.88. The second-order valence-electron chi connectivity index (χ2n) is 6.46. The van der Waals surface area contributed by atoms with E-state index in [-0.39, 0.29) is 6.03 Å². The number of carbonyl (C=O) groups excluding carboxylic acids is 1. The number of anilines is 2. The summed E-state index contributed by atoms with van der Waals surface area (Å²) in [5, 5.41) is 5.52. The van der Waals surface area contributed by atoms with Crippen molar-refractivity contribution in [2.24, 2.45) is 0 Å². The molecule has 0 unspecified atom stereocenters. The molecular weight excluding hydrogens is 342 g/mol. The summed E-state index contributed by atoms with van der Waals surface area (Å²) in [5.41, 5.74) is 3.87. The summed E-state index contributed by atoms with van der Waals surface area (Å²) in [5.74, 6) is 1.70. The smallest absolute Gasteiger partial charge is 0.319 e. The molecular formula is C20H27N5O2. The van der Waals surface area contributed by atoms with Gasteiger partial charge in [0.1, 0.15) is 5.82 Å². The molecule has 0 saturated carbocycles. The van der Waals surface area contributed by atoms with Gasteiger partial charge < -0.3 is 20.3 Å². The minimum Gasteiger partial charge on any atom is -0.378 e. The van der Waals surface area contributed by atoms with Crippen LogP contribution in [-0.2, 0) is 11.2 Å². The summed E-state index contributed by atoms with van der Waals surface area (Å²) in [7, 11) is 0. The van der Waals surface area contributed by atoms with Gasteiger partial charge in [0.25, 0.3) is 0 Å². The van der Waals surface area contributed by atoms with Gasteiger partial charge in [0.05, 0.1) is 13.2 Å². The molecule has 1 fully saturated rings. The molecule has 2 heterocycles. The van der Waals surface area contributed by atoms with Crippen LogP contribution in [0.2, 0.25) is 0 Å². The van der Waals surface area contributed by atoms with Gasteiger partial charge in [0, 0.05) is 42.1 Å². The van der Waals surface area contributed by atoms with Gasteiger partial charge in [-0.25, -0.2) is 14.8 Å². The maximum absolute atomic E-state index is 11.6. The molecule has 2 amide bonds. The highest BCUT2D eigenvalue weighted by Gasteiger charge is 2.19. The van der Waals surface area contributed by atoms with Crippen molar-refractivity contribution in [2.45, 2.75) is 27.2 Å². The lowest BCUT2D eigenvalue weighted by atomic mass is 10.1. The van der Waals surface area contributed by atoms with Gasteiger partial charge in [0.15, 0.2) is 5.82 Å². The molecule has 2 N–H and O–H groups in total. The van der Waals surface area contributed by atoms with Crippen LogP contribution in [0.4, 0.5) is 16.3 Å². The van der Waals surface area contributed by atoms with E-state index in [0.717, 1.165) is 61.1 Å². The third-order valence-electron chi connectivity index (χ3n) is 4.60. The molecule has 1 saturated heterocycles. The maximum atomic E-state index is 11.6. The Hall–Kier alpha value is -2.67. The van der Waals surface area contributed by atoms with Crippen LogP contribution >= 0.6 is 0 Å². The van der Waals surface area contributed by atoms with Crippen LogP contribution in [0.3, 0.4) is 0 Å². The molecule has 1 aromatic carbocycles. The van der Waals surface area contributed by atoms with E-state index in [1.165, 1.54) is 0 Å². The van der Waals surface area contributed by atoms with Gasteiger partial charge in [-0.2, -0.15) is 0 Å². The SMILES string of the molecule is CCNC(=O)Nc1ccc(-c2nc(CC)c(C)c(N3CCOCC3)n2)cc1. The highest BCUT2D eigenvalue weighted by Crippen LogP contribution is 2.26. The lowest BCUT2D eigenvalue weighted by molar-refractivity contribution is 0.122. The van der Waals surface area contributed by atoms with Crippen LogP contribution < -0.4 is 15.5 Å². The van der Waals surface area contributed by atoms with Crippen molar-refractivity contribution < 1.29 is 9.53 Å². The maximum Gasteiger partial charge on any atom is 0.319 e. The third-order valence-corrected chi connectivity index (χ3v) is 4.60. The van der Waals surface area contributed by atoms with E-state index in [0.29, 0.717) is 12.4 Å². The van der Waals surface area contributed by atoms with Gasteiger partial charge in [0.2, 0.25) is 0 Å². The molecule has 144 valence electrons. The van der Waals surface area contributed by atoms with Gasteiger partial charge in [-0.3, -0.25) is 0 Å². The number of nitrogens with one attached hydrogen (secondary N) is 2. The van der Waals surface area contributed by atoms with Crippen LogP contribution in [0.1, 0.15) is 25.1 Å². The Morgan fingerprint density at radius 1 is 1.15 bits per heavy atom. The standard InChI is InChI=1S/C20H27N5O2/c1-4-17-14(3)19(25-10-12-27-13-11-25)24-18(23-17)15-6-8-16(9-7-15)22-20(26)21-5-2/h6-9H,4-5,10-13H2,1-3H3,(H2,21,22,26). The fraction of sp³-hybridized carbons (Fsp3) is 0.450. The molecule has 7 nitrogen and oxygen atoms in total. The lowest BCUT2D eigenvalue weighted by Gasteiger charge is -2.29. The van der Waals surface area contributed by atoms with Gasteiger partial charge >= 0.3 is 6.03 Å². The Morgan fingerprint density at radius 2 is 1.85 bits per heavy atom. The number of hydrogen-bond donors (Lipinski definition) is 2. The fourth-order valence-electron chi connectivity index (χ4n) is 3.14. The molecule has 2 aromatic rings. The first-order chi connectivity index (χ1) is 13.1. The molecule has 0 spiro atoms. The summed E-state index contributed by atoms with van der Waals surface area (Å²) in [6.07, 6.45) is 0.857. The largest absolute Gasteiger partial charge is 0.378 e. The van der Waals surface area contributed by atoms with Gasteiger partial charge in [-0.05, 0) is 44.5 Å². The van der Waals surface area contributed by atoms with Crippen molar-refractivity contribution >= 4 is 17.5 Å². The lowest BCUT2D eigenvalue weighted by Crippen LogP contribution is -2.37. The Morgan fingerprint density at radius 3 is 2.48 bits per heavy atom. The highest BCUT2D eigenvalue weighted by molar-refractivity contribution is 5.89. The molecule has 0 atom stereocenters. The van der Waals surface area contributed by atoms with E-state index in [9.17, 15) is 4.79 Å². The summed E-state index contributed by atoms with van der Waals surface area (Å²) in [6.45, 7) is 9.81. The number of hydrogen-bond acceptors (Lipinski definition) is 5. The quantitative estimate of drug-likeness (QED) is 0.847. The zero-order chi connectivity index (χ0) is 19.2. The molecule has 0 bridgehead atoms. The van der Waals surface area contributed by atoms with E-state index < -0.39 is 0 Å². The van der Waals surface area contributed by atoms with Crippen molar-refractivity contribution in [3.05, 3.63) is 35.5 Å². The number of amides is 2. The second-order valence-corrected chi connectivity index (χ2v) is 6.46. The number of carbonyl (C=O) groups is 1. The molecule has 7 heteroatoms. The minimum atomic E-state index is -0.209. The van der Waals surface area contributed by atoms with E-state index in [1.54, 1.807) is 0 Å². The van der Waals surface area contributed by atoms with E-state index in [2.05, 4.69) is 29.4 Å². The first kappa shape index (κ1) is 19.1. The minimum absolute atomic E-state index is 0.209. The second kappa shape index (κ2) is 8.81. The predicted molar refractivity (Wildman–Crippen MR) is 107 cm³/mol. The number of urea groups is 1. The van der Waals surface area contributed by atoms with Gasteiger partial charge in [-0.1, -0.05) is 6.92 Å². The Bertz CT molecular complexity index is 786. The van der Waals surface area contributed by atoms with E-state index >= 15 is 0 Å². The highest BCUT2D eigenvalue weighted by atomic mass is 16.5. The molecule has 0 radical (unpaired) electrons. The predicted octanol–water partition coefficient (Wildman–Crippen LogP) is 2.99. The zero-order valence-electron chi connectivity index (χ0n) is 16.2. The normalized spacial score (nSPS) is 14.1. The number of aryl methyl sites for hydroxylation is 1. The van der Waals surface area contributed by atoms with Crippen molar-refractivity contribution in [3.8, 4) is 11.4 Å². The van der Waals surface area contributed by atoms with Crippen LogP contribution in [-0.4, -0.2) is 48.8 Å². The molecule has 27 heavy (non-hydrogen) atoms. The van der Waals surface area contributed by atoms with Crippen LogP contribution in [0.5, 0.6) is 0 Å². The van der Waals surface area contributed by atoms with Crippen molar-refractivity contribution in [3.63, 3.8) is 0 Å². The molecule has 1 aliphatic rings. The number of rotatable bonds is 5. The van der Waals surface area contributed by atoms with Crippen molar-refractivity contribution in [1.82, 2.24) is 15.3 Å². The Kier molecular flexibility index (Phi) is 6.24. The number of aromatic nitrogens is 2. The van der Waals surface area contributed by atoms with Crippen molar-refractivity contribution in [2.75, 3.05) is 43.1 Å². The number of morpholine rings is 1. The number of ether oxygens (including phenoxy) is 1. The van der Waals surface area contributed by atoms with E-state index in [1.807, 2.05) is 31.2 Å². The zero-order valence-corrected chi connectivity index (χ0v) is 16.2. The van der Waals surface area contributed by atoms with E-state index in [4.69, 9.17) is 14.7 Å². The first-order valence-electron chi connectivity index (χ1n) is 9.47. The summed E-state index contributed by atoms with van der Waals surface area (Å²) in [4.78, 5) is 23.5.